The van der Waals surface area contributed by atoms with E-state index < -0.39 is 10.4 Å². The summed E-state index contributed by atoms with van der Waals surface area (Å²) in [6.45, 7) is 2.35. The molecule has 0 bridgehead atoms. The van der Waals surface area contributed by atoms with Gasteiger partial charge in [-0.25, -0.2) is 0 Å². The highest BCUT2D eigenvalue weighted by atomic mass is 32.3. The van der Waals surface area contributed by atoms with Crippen LogP contribution in [0.25, 0.3) is 0 Å². The van der Waals surface area contributed by atoms with Crippen molar-refractivity contribution in [2.45, 2.75) is 58.3 Å². The summed E-state index contributed by atoms with van der Waals surface area (Å²) < 4.78 is 34.1. The zero-order valence-electron chi connectivity index (χ0n) is 12.8. The fourth-order valence-electron chi connectivity index (χ4n) is 1.24. The Kier molecular flexibility index (Phi) is 37.6. The van der Waals surface area contributed by atoms with Crippen LogP contribution in [0, 0.1) is 0 Å². The van der Waals surface area contributed by atoms with Crippen molar-refractivity contribution >= 4 is 10.4 Å². The van der Waals surface area contributed by atoms with E-state index >= 15 is 0 Å². The molecule has 0 fully saturated rings. The van der Waals surface area contributed by atoms with Crippen LogP contribution in [0.3, 0.4) is 0 Å². The molecule has 0 aromatic rings. The molecule has 0 spiro atoms. The van der Waals surface area contributed by atoms with Gasteiger partial charge in [0, 0.05) is 10.4 Å². The Hall–Kier alpha value is -0.290. The molecular weight excluding hydrogens is 274 g/mol. The number of hydrogen-bond donors (Lipinski definition) is 3. The Balaban J connectivity index is -0.0000000717. The molecule has 0 aliphatic heterocycles. The first-order valence-corrected chi connectivity index (χ1v) is 7.00. The number of quaternary nitrogens is 3. The second kappa shape index (κ2) is 22.9. The van der Waals surface area contributed by atoms with E-state index in [1.54, 1.807) is 0 Å². The second-order valence-corrected chi connectivity index (χ2v) is 4.40. The lowest BCUT2D eigenvalue weighted by Crippen LogP contribution is -2.04. The van der Waals surface area contributed by atoms with Crippen LogP contribution >= 0.6 is 0 Å². The van der Waals surface area contributed by atoms with E-state index in [-0.39, 0.29) is 25.1 Å². The largest absolute Gasteiger partial charge is 0.854 e. The van der Waals surface area contributed by atoms with E-state index in [2.05, 4.69) is 6.92 Å². The normalized spacial score (nSPS) is 9.05. The van der Waals surface area contributed by atoms with Gasteiger partial charge in [0.25, 0.3) is 0 Å². The third kappa shape index (κ3) is 73.5. The first-order chi connectivity index (χ1) is 7.41. The van der Waals surface area contributed by atoms with E-state index in [9.17, 15) is 5.11 Å². The van der Waals surface area contributed by atoms with Gasteiger partial charge in [0.05, 0.1) is 0 Å². The van der Waals surface area contributed by atoms with Crippen LogP contribution in [0.5, 0.6) is 0 Å². The lowest BCUT2D eigenvalue weighted by molar-refractivity contribution is -0.368. The summed E-state index contributed by atoms with van der Waals surface area (Å²) in [5.41, 5.74) is 0. The third-order valence-electron chi connectivity index (χ3n) is 2.00. The van der Waals surface area contributed by atoms with Crippen LogP contribution in [0.1, 0.15) is 58.3 Å². The monoisotopic (exact) mass is 307 g/mol. The Labute approximate surface area is 117 Å². The van der Waals surface area contributed by atoms with Crippen molar-refractivity contribution in [2.24, 2.45) is 0 Å². The predicted molar refractivity (Wildman–Crippen MR) is 75.9 cm³/mol. The molecule has 0 aromatic heterocycles. The van der Waals surface area contributed by atoms with E-state index in [1.165, 1.54) is 38.5 Å². The summed E-state index contributed by atoms with van der Waals surface area (Å²) in [4.78, 5) is 0. The molecule has 0 heterocycles. The molecule has 0 saturated carbocycles. The van der Waals surface area contributed by atoms with Crippen molar-refractivity contribution in [1.82, 2.24) is 18.5 Å². The zero-order valence-corrected chi connectivity index (χ0v) is 13.6. The number of unbranched alkanes of at least 4 members (excludes halogenated alkanes) is 7. The molecule has 0 aliphatic carbocycles. The Bertz CT molecular complexity index is 209. The minimum absolute atomic E-state index is 0. The van der Waals surface area contributed by atoms with Crippen molar-refractivity contribution in [3.05, 3.63) is 0 Å². The van der Waals surface area contributed by atoms with E-state index in [0.717, 1.165) is 12.8 Å². The van der Waals surface area contributed by atoms with Crippen LogP contribution in [-0.2, 0) is 10.4 Å². The number of rotatable bonds is 8. The van der Waals surface area contributed by atoms with E-state index in [0.29, 0.717) is 0 Å². The molecule has 0 amide bonds. The maximum Gasteiger partial charge on any atom is 0.0311 e. The van der Waals surface area contributed by atoms with Gasteiger partial charge in [-0.15, -0.1) is 6.61 Å². The van der Waals surface area contributed by atoms with Crippen LogP contribution in [0.2, 0.25) is 0 Å². The van der Waals surface area contributed by atoms with Crippen LogP contribution in [-0.4, -0.2) is 24.1 Å². The maximum absolute atomic E-state index is 10.1. The first-order valence-electron chi connectivity index (χ1n) is 5.66. The van der Waals surface area contributed by atoms with Crippen molar-refractivity contribution in [2.75, 3.05) is 6.61 Å². The molecule has 0 radical (unpaired) electrons. The standard InChI is InChI=1S/C10H21O.3H3N.H2O4S/c1-2-3-4-5-6-7-8-9-10-11;;;;1-5(2,3)4/h2-10H2,1H3;3*1H3;(H2,1,2,3,4)/q-1;;;;/p+1. The molecule has 0 atom stereocenters. The molecule has 12 N–H and O–H groups in total. The highest BCUT2D eigenvalue weighted by Crippen LogP contribution is 2.07. The molecule has 8 nitrogen and oxygen atoms in total. The minimum Gasteiger partial charge on any atom is -0.854 e. The lowest BCUT2D eigenvalue weighted by atomic mass is 10.1. The molecular formula is C10H33N3O5S. The van der Waals surface area contributed by atoms with Gasteiger partial charge in [0.1, 0.15) is 0 Å². The lowest BCUT2D eigenvalue weighted by Gasteiger charge is -2.06. The van der Waals surface area contributed by atoms with Gasteiger partial charge >= 0.3 is 0 Å². The van der Waals surface area contributed by atoms with Crippen molar-refractivity contribution < 1.29 is 22.6 Å². The van der Waals surface area contributed by atoms with Crippen molar-refractivity contribution in [1.29, 1.82) is 0 Å². The summed E-state index contributed by atoms with van der Waals surface area (Å²) in [5.74, 6) is 0. The quantitative estimate of drug-likeness (QED) is 0.348. The molecule has 0 saturated heterocycles. The third-order valence-corrected chi connectivity index (χ3v) is 2.00. The minimum atomic E-state index is -5.17. The molecule has 124 valence electrons. The van der Waals surface area contributed by atoms with Gasteiger partial charge in [-0.2, -0.15) is 0 Å². The smallest absolute Gasteiger partial charge is 0.0311 e. The molecule has 0 rings (SSSR count). The Morgan fingerprint density at radius 2 is 1.00 bits per heavy atom. The van der Waals surface area contributed by atoms with Crippen molar-refractivity contribution in [3.63, 3.8) is 0 Å². The zero-order chi connectivity index (χ0) is 12.9. The van der Waals surface area contributed by atoms with Gasteiger partial charge < -0.3 is 32.7 Å². The molecule has 0 unspecified atom stereocenters. The van der Waals surface area contributed by atoms with Gasteiger partial charge in [0.2, 0.25) is 0 Å². The van der Waals surface area contributed by atoms with Gasteiger partial charge in [0.15, 0.2) is 0 Å². The maximum atomic E-state index is 10.1. The average molecular weight is 307 g/mol. The highest BCUT2D eigenvalue weighted by molar-refractivity contribution is 7.79. The summed E-state index contributed by atoms with van der Waals surface area (Å²) in [6, 6.07) is 0. The summed E-state index contributed by atoms with van der Waals surface area (Å²) >= 11 is 0. The molecule has 19 heavy (non-hydrogen) atoms. The van der Waals surface area contributed by atoms with Gasteiger partial charge in [-0.3, -0.25) is 8.42 Å². The average Bonchev–Trinajstić information content (AvgIpc) is 2.14. The molecule has 9 heteroatoms. The Morgan fingerprint density at radius 3 is 1.26 bits per heavy atom. The predicted octanol–water partition coefficient (Wildman–Crippen LogP) is 2.28. The topological polar surface area (TPSA) is 213 Å². The molecule has 0 aliphatic rings. The van der Waals surface area contributed by atoms with Crippen LogP contribution < -0.4 is 23.6 Å². The molecule has 0 aromatic carbocycles. The second-order valence-electron chi connectivity index (χ2n) is 3.59. The summed E-state index contributed by atoms with van der Waals surface area (Å²) in [7, 11) is -5.17. The van der Waals surface area contributed by atoms with E-state index in [4.69, 9.17) is 17.5 Å². The fourth-order valence-corrected chi connectivity index (χ4v) is 1.24. The number of hydrogen-bond acceptors (Lipinski definition) is 5. The van der Waals surface area contributed by atoms with E-state index in [1.807, 2.05) is 0 Å². The highest BCUT2D eigenvalue weighted by Gasteiger charge is 1.88. The fraction of sp³-hybridized carbons (Fsp3) is 1.00. The summed E-state index contributed by atoms with van der Waals surface area (Å²) in [6.07, 6.45) is 10.1. The van der Waals surface area contributed by atoms with Crippen LogP contribution in [0.15, 0.2) is 0 Å². The van der Waals surface area contributed by atoms with Crippen molar-refractivity contribution in [3.8, 4) is 0 Å². The SMILES string of the molecule is CCCCCCCCCC[O-].O=S(=O)([O-])[O-].[NH4+].[NH4+].[NH4+]. The van der Waals surface area contributed by atoms with Gasteiger partial charge in [-0.05, 0) is 0 Å². The Morgan fingerprint density at radius 1 is 0.737 bits per heavy atom. The van der Waals surface area contributed by atoms with Crippen LogP contribution in [0.4, 0.5) is 0 Å². The summed E-state index contributed by atoms with van der Waals surface area (Å²) in [5, 5.41) is 10.1. The van der Waals surface area contributed by atoms with Gasteiger partial charge in [-0.1, -0.05) is 58.3 Å². The first kappa shape index (κ1) is 31.2.